The Kier molecular flexibility index (Phi) is 5.02. The summed E-state index contributed by atoms with van der Waals surface area (Å²) in [5, 5.41) is 0.422. The molecular formula is C15H14BrClFNO. The van der Waals surface area contributed by atoms with Gasteiger partial charge in [0.05, 0.1) is 17.7 Å². The Morgan fingerprint density at radius 1 is 1.30 bits per heavy atom. The molecule has 2 N–H and O–H groups in total. The smallest absolute Gasteiger partial charge is 0.129 e. The van der Waals surface area contributed by atoms with Crippen LogP contribution >= 0.6 is 27.5 Å². The molecule has 0 aliphatic rings. The summed E-state index contributed by atoms with van der Waals surface area (Å²) < 4.78 is 20.1. The zero-order valence-corrected chi connectivity index (χ0v) is 13.2. The third kappa shape index (κ3) is 3.14. The molecule has 1 unspecified atom stereocenters. The van der Waals surface area contributed by atoms with E-state index in [0.717, 1.165) is 5.56 Å². The van der Waals surface area contributed by atoms with Crippen molar-refractivity contribution in [3.8, 4) is 5.75 Å². The molecule has 0 aliphatic carbocycles. The van der Waals surface area contributed by atoms with Crippen molar-refractivity contribution >= 4 is 27.5 Å². The van der Waals surface area contributed by atoms with E-state index in [1.54, 1.807) is 0 Å². The second kappa shape index (κ2) is 6.57. The van der Waals surface area contributed by atoms with Crippen molar-refractivity contribution in [2.24, 2.45) is 5.73 Å². The fourth-order valence-corrected chi connectivity index (χ4v) is 2.46. The van der Waals surface area contributed by atoms with Crippen LogP contribution in [0, 0.1) is 5.82 Å². The predicted octanol–water partition coefficient (Wildman–Crippen LogP) is 4.69. The Hall–Kier alpha value is -1.10. The monoisotopic (exact) mass is 357 g/mol. The van der Waals surface area contributed by atoms with Crippen LogP contribution in [0.3, 0.4) is 0 Å². The van der Waals surface area contributed by atoms with Crippen molar-refractivity contribution in [3.63, 3.8) is 0 Å². The van der Waals surface area contributed by atoms with Crippen LogP contribution in [-0.2, 0) is 0 Å². The van der Waals surface area contributed by atoms with Gasteiger partial charge in [0.25, 0.3) is 0 Å². The first-order chi connectivity index (χ1) is 9.54. The molecule has 1 atom stereocenters. The first-order valence-corrected chi connectivity index (χ1v) is 7.33. The number of halogens is 3. The van der Waals surface area contributed by atoms with Gasteiger partial charge in [0.1, 0.15) is 11.6 Å². The third-order valence-corrected chi connectivity index (χ3v) is 4.13. The molecule has 2 rings (SSSR count). The SMILES string of the molecule is CCOc1ccccc1C(N)c1cc(Cl)c(Br)cc1F. The summed E-state index contributed by atoms with van der Waals surface area (Å²) in [6, 6.07) is 9.56. The van der Waals surface area contributed by atoms with E-state index < -0.39 is 11.9 Å². The van der Waals surface area contributed by atoms with Gasteiger partial charge in [0.2, 0.25) is 0 Å². The van der Waals surface area contributed by atoms with Crippen molar-refractivity contribution in [2.45, 2.75) is 13.0 Å². The number of ether oxygens (including phenoxy) is 1. The van der Waals surface area contributed by atoms with Crippen LogP contribution in [0.5, 0.6) is 5.75 Å². The normalized spacial score (nSPS) is 12.2. The Labute approximate surface area is 130 Å². The molecule has 0 bridgehead atoms. The van der Waals surface area contributed by atoms with E-state index in [2.05, 4.69) is 15.9 Å². The summed E-state index contributed by atoms with van der Waals surface area (Å²) in [6.07, 6.45) is 0. The minimum Gasteiger partial charge on any atom is -0.494 e. The lowest BCUT2D eigenvalue weighted by Crippen LogP contribution is -2.15. The van der Waals surface area contributed by atoms with Gasteiger partial charge >= 0.3 is 0 Å². The molecule has 0 radical (unpaired) electrons. The predicted molar refractivity (Wildman–Crippen MR) is 82.8 cm³/mol. The molecule has 5 heteroatoms. The van der Waals surface area contributed by atoms with Gasteiger partial charge in [-0.1, -0.05) is 29.8 Å². The maximum Gasteiger partial charge on any atom is 0.129 e. The zero-order chi connectivity index (χ0) is 14.7. The highest BCUT2D eigenvalue weighted by Crippen LogP contribution is 2.33. The third-order valence-electron chi connectivity index (χ3n) is 2.93. The Morgan fingerprint density at radius 3 is 2.70 bits per heavy atom. The molecule has 2 aromatic carbocycles. The van der Waals surface area contributed by atoms with Crippen molar-refractivity contribution in [3.05, 3.63) is 62.8 Å². The van der Waals surface area contributed by atoms with Gasteiger partial charge in [-0.2, -0.15) is 0 Å². The summed E-state index contributed by atoms with van der Waals surface area (Å²) >= 11 is 9.21. The minimum absolute atomic E-state index is 0.338. The molecule has 0 spiro atoms. The standard InChI is InChI=1S/C15H14BrClFNO/c1-2-20-14-6-4-3-5-9(14)15(19)10-7-12(17)11(16)8-13(10)18/h3-8,15H,2,19H2,1H3. The van der Waals surface area contributed by atoms with Crippen LogP contribution in [0.1, 0.15) is 24.1 Å². The molecule has 0 aromatic heterocycles. The highest BCUT2D eigenvalue weighted by atomic mass is 79.9. The van der Waals surface area contributed by atoms with Gasteiger partial charge in [-0.3, -0.25) is 0 Å². The molecule has 0 fully saturated rings. The number of rotatable bonds is 4. The fraction of sp³-hybridized carbons (Fsp3) is 0.200. The molecule has 2 nitrogen and oxygen atoms in total. The minimum atomic E-state index is -0.636. The number of nitrogens with two attached hydrogens (primary N) is 1. The van der Waals surface area contributed by atoms with Crippen molar-refractivity contribution in [1.82, 2.24) is 0 Å². The number of hydrogen-bond donors (Lipinski definition) is 1. The molecule has 0 heterocycles. The second-order valence-electron chi connectivity index (χ2n) is 4.24. The summed E-state index contributed by atoms with van der Waals surface area (Å²) in [5.41, 5.74) is 7.24. The van der Waals surface area contributed by atoms with Crippen LogP contribution in [0.4, 0.5) is 4.39 Å². The average molecular weight is 359 g/mol. The highest BCUT2D eigenvalue weighted by Gasteiger charge is 2.19. The maximum atomic E-state index is 14.1. The average Bonchev–Trinajstić information content (AvgIpc) is 2.43. The van der Waals surface area contributed by atoms with Gasteiger partial charge in [0, 0.05) is 15.6 Å². The van der Waals surface area contributed by atoms with Gasteiger partial charge in [-0.05, 0) is 41.1 Å². The largest absolute Gasteiger partial charge is 0.494 e. The Bertz CT molecular complexity index is 621. The van der Waals surface area contributed by atoms with Gasteiger partial charge < -0.3 is 10.5 Å². The van der Waals surface area contributed by atoms with Crippen LogP contribution < -0.4 is 10.5 Å². The second-order valence-corrected chi connectivity index (χ2v) is 5.50. The van der Waals surface area contributed by atoms with Crippen LogP contribution in [-0.4, -0.2) is 6.61 Å². The number of benzene rings is 2. The number of hydrogen-bond acceptors (Lipinski definition) is 2. The molecular weight excluding hydrogens is 345 g/mol. The summed E-state index contributed by atoms with van der Waals surface area (Å²) in [5.74, 6) is 0.251. The molecule has 0 amide bonds. The Morgan fingerprint density at radius 2 is 2.00 bits per heavy atom. The Balaban J connectivity index is 2.46. The molecule has 0 saturated carbocycles. The van der Waals surface area contributed by atoms with E-state index in [4.69, 9.17) is 22.1 Å². The lowest BCUT2D eigenvalue weighted by atomic mass is 9.98. The van der Waals surface area contributed by atoms with Crippen LogP contribution in [0.15, 0.2) is 40.9 Å². The maximum absolute atomic E-state index is 14.1. The van der Waals surface area contributed by atoms with Gasteiger partial charge in [-0.15, -0.1) is 0 Å². The zero-order valence-electron chi connectivity index (χ0n) is 10.9. The molecule has 0 saturated heterocycles. The summed E-state index contributed by atoms with van der Waals surface area (Å²) in [4.78, 5) is 0. The van der Waals surface area contributed by atoms with Crippen molar-refractivity contribution in [1.29, 1.82) is 0 Å². The first kappa shape index (κ1) is 15.3. The van der Waals surface area contributed by atoms with E-state index >= 15 is 0 Å². The fourth-order valence-electron chi connectivity index (χ4n) is 1.97. The first-order valence-electron chi connectivity index (χ1n) is 6.16. The van der Waals surface area contributed by atoms with E-state index in [-0.39, 0.29) is 0 Å². The molecule has 106 valence electrons. The lowest BCUT2D eigenvalue weighted by molar-refractivity contribution is 0.335. The molecule has 20 heavy (non-hydrogen) atoms. The van der Waals surface area contributed by atoms with Gasteiger partial charge in [-0.25, -0.2) is 4.39 Å². The number of para-hydroxylation sites is 1. The highest BCUT2D eigenvalue weighted by molar-refractivity contribution is 9.10. The van der Waals surface area contributed by atoms with Gasteiger partial charge in [0.15, 0.2) is 0 Å². The molecule has 0 aliphatic heterocycles. The quantitative estimate of drug-likeness (QED) is 0.805. The summed E-state index contributed by atoms with van der Waals surface area (Å²) in [6.45, 7) is 2.41. The van der Waals surface area contributed by atoms with E-state index in [1.165, 1.54) is 12.1 Å². The summed E-state index contributed by atoms with van der Waals surface area (Å²) in [7, 11) is 0. The van der Waals surface area contributed by atoms with E-state index in [1.807, 2.05) is 31.2 Å². The van der Waals surface area contributed by atoms with Crippen molar-refractivity contribution < 1.29 is 9.13 Å². The van der Waals surface area contributed by atoms with E-state index in [9.17, 15) is 4.39 Å². The lowest BCUT2D eigenvalue weighted by Gasteiger charge is -2.18. The van der Waals surface area contributed by atoms with Crippen LogP contribution in [0.2, 0.25) is 5.02 Å². The van der Waals surface area contributed by atoms with E-state index in [0.29, 0.717) is 27.4 Å². The molecule has 2 aromatic rings. The van der Waals surface area contributed by atoms with Crippen molar-refractivity contribution in [2.75, 3.05) is 6.61 Å². The van der Waals surface area contributed by atoms with Crippen LogP contribution in [0.25, 0.3) is 0 Å². The topological polar surface area (TPSA) is 35.2 Å².